The number of hydrogen-bond donors (Lipinski definition) is 1. The molecule has 0 spiro atoms. The van der Waals surface area contributed by atoms with E-state index in [1.165, 1.54) is 75.0 Å². The zero-order chi connectivity index (χ0) is 20.5. The molecular formula is C29H19NS. The van der Waals surface area contributed by atoms with E-state index in [4.69, 9.17) is 0 Å². The van der Waals surface area contributed by atoms with Gasteiger partial charge in [0.2, 0.25) is 0 Å². The van der Waals surface area contributed by atoms with Gasteiger partial charge in [0, 0.05) is 31.7 Å². The minimum Gasteiger partial charge on any atom is -0.353 e. The number of H-pyrrole nitrogens is 1. The smallest absolute Gasteiger partial charge is 0.0652 e. The maximum atomic E-state index is 3.96. The normalized spacial score (nSPS) is 15.0. The first-order chi connectivity index (χ1) is 15.1. The topological polar surface area (TPSA) is 15.8 Å². The number of thiophene rings is 1. The van der Waals surface area contributed by atoms with Crippen molar-refractivity contribution in [1.29, 1.82) is 0 Å². The van der Waals surface area contributed by atoms with E-state index in [0.29, 0.717) is 0 Å². The molecular weight excluding hydrogens is 394 g/mol. The van der Waals surface area contributed by atoms with Gasteiger partial charge >= 0.3 is 0 Å². The number of rotatable bonds is 0. The van der Waals surface area contributed by atoms with E-state index in [-0.39, 0.29) is 5.41 Å². The van der Waals surface area contributed by atoms with Crippen LogP contribution in [0.3, 0.4) is 0 Å². The van der Waals surface area contributed by atoms with E-state index in [1.54, 1.807) is 0 Å². The Morgan fingerprint density at radius 1 is 0.710 bits per heavy atom. The summed E-state index contributed by atoms with van der Waals surface area (Å²) in [6, 6.07) is 27.2. The molecule has 2 heteroatoms. The molecule has 1 aliphatic carbocycles. The maximum Gasteiger partial charge on any atom is 0.0652 e. The lowest BCUT2D eigenvalue weighted by Crippen LogP contribution is -2.15. The Bertz CT molecular complexity index is 1860. The molecule has 5 aromatic carbocycles. The summed E-state index contributed by atoms with van der Waals surface area (Å²) in [6.45, 7) is 4.75. The number of aromatic amines is 1. The average molecular weight is 414 g/mol. The molecule has 0 saturated carbocycles. The molecule has 7 aromatic rings. The van der Waals surface area contributed by atoms with Gasteiger partial charge in [0.15, 0.2) is 0 Å². The second-order valence-corrected chi connectivity index (χ2v) is 10.5. The predicted molar refractivity (Wildman–Crippen MR) is 135 cm³/mol. The summed E-state index contributed by atoms with van der Waals surface area (Å²) in [6.07, 6.45) is 0. The third-order valence-electron chi connectivity index (χ3n) is 7.52. The standard InChI is InChI=1S/C29H19NS/c1-29(2)21-9-5-3-7-17(21)19-13-15-11-12-16-14-20-18-8-4-6-10-22(18)31-28(20)27-24(16)23(15)26(30-27)25(19)29/h3-14,30H,1-2H3. The molecule has 0 amide bonds. The highest BCUT2D eigenvalue weighted by Crippen LogP contribution is 2.54. The van der Waals surface area contributed by atoms with Gasteiger partial charge in [-0.2, -0.15) is 0 Å². The largest absolute Gasteiger partial charge is 0.353 e. The lowest BCUT2D eigenvalue weighted by Gasteiger charge is -2.22. The van der Waals surface area contributed by atoms with Crippen LogP contribution in [0, 0.1) is 0 Å². The van der Waals surface area contributed by atoms with Gasteiger partial charge in [-0.15, -0.1) is 11.3 Å². The van der Waals surface area contributed by atoms with Gasteiger partial charge in [-0.25, -0.2) is 0 Å². The molecule has 0 unspecified atom stereocenters. The molecule has 31 heavy (non-hydrogen) atoms. The van der Waals surface area contributed by atoms with Gasteiger partial charge in [0.1, 0.15) is 0 Å². The van der Waals surface area contributed by atoms with Crippen LogP contribution in [0.25, 0.3) is 63.9 Å². The lowest BCUT2D eigenvalue weighted by atomic mass is 9.81. The highest BCUT2D eigenvalue weighted by molar-refractivity contribution is 7.26. The second-order valence-electron chi connectivity index (χ2n) is 9.46. The maximum absolute atomic E-state index is 3.96. The minimum atomic E-state index is -0.0219. The van der Waals surface area contributed by atoms with Gasteiger partial charge < -0.3 is 4.98 Å². The van der Waals surface area contributed by atoms with Crippen molar-refractivity contribution in [2.75, 3.05) is 0 Å². The summed E-state index contributed by atoms with van der Waals surface area (Å²) in [5.41, 5.74) is 8.23. The van der Waals surface area contributed by atoms with E-state index >= 15 is 0 Å². The first kappa shape index (κ1) is 16.3. The van der Waals surface area contributed by atoms with Crippen LogP contribution in [0.5, 0.6) is 0 Å². The fraction of sp³-hybridized carbons (Fsp3) is 0.103. The molecule has 0 aliphatic heterocycles. The highest BCUT2D eigenvalue weighted by Gasteiger charge is 2.38. The number of aromatic nitrogens is 1. The average Bonchev–Trinajstić information content (AvgIpc) is 3.42. The van der Waals surface area contributed by atoms with E-state index in [2.05, 4.69) is 91.6 Å². The van der Waals surface area contributed by atoms with Crippen LogP contribution in [-0.2, 0) is 5.41 Å². The van der Waals surface area contributed by atoms with Crippen LogP contribution < -0.4 is 0 Å². The summed E-state index contributed by atoms with van der Waals surface area (Å²) in [7, 11) is 0. The monoisotopic (exact) mass is 413 g/mol. The third-order valence-corrected chi connectivity index (χ3v) is 8.72. The minimum absolute atomic E-state index is 0.0219. The molecule has 8 rings (SSSR count). The first-order valence-electron chi connectivity index (χ1n) is 10.9. The summed E-state index contributed by atoms with van der Waals surface area (Å²) >= 11 is 1.91. The molecule has 0 radical (unpaired) electrons. The van der Waals surface area contributed by atoms with E-state index in [9.17, 15) is 0 Å². The van der Waals surface area contributed by atoms with Crippen LogP contribution in [0.1, 0.15) is 25.0 Å². The Morgan fingerprint density at radius 3 is 2.35 bits per heavy atom. The van der Waals surface area contributed by atoms with Gasteiger partial charge in [0.05, 0.1) is 15.7 Å². The SMILES string of the molecule is CC1(C)c2ccccc2-c2cc3ccc4cc5c6ccccc6sc5c5[nH]c(c21)c3c45. The fourth-order valence-corrected chi connectivity index (χ4v) is 7.38. The van der Waals surface area contributed by atoms with Crippen molar-refractivity contribution in [2.24, 2.45) is 0 Å². The summed E-state index contributed by atoms with van der Waals surface area (Å²) in [5, 5.41) is 8.17. The first-order valence-corrected chi connectivity index (χ1v) is 11.7. The summed E-state index contributed by atoms with van der Waals surface area (Å²) in [4.78, 5) is 3.96. The number of nitrogens with one attached hydrogen (secondary N) is 1. The van der Waals surface area contributed by atoms with E-state index in [0.717, 1.165) is 0 Å². The van der Waals surface area contributed by atoms with Crippen LogP contribution in [-0.4, -0.2) is 4.98 Å². The molecule has 1 nitrogen and oxygen atoms in total. The Balaban J connectivity index is 1.65. The fourth-order valence-electron chi connectivity index (χ4n) is 6.19. The number of hydrogen-bond acceptors (Lipinski definition) is 1. The molecule has 1 aliphatic rings. The van der Waals surface area contributed by atoms with Crippen molar-refractivity contribution in [1.82, 2.24) is 4.98 Å². The van der Waals surface area contributed by atoms with Crippen molar-refractivity contribution in [3.05, 3.63) is 83.9 Å². The quantitative estimate of drug-likeness (QED) is 0.240. The van der Waals surface area contributed by atoms with E-state index in [1.807, 2.05) is 11.3 Å². The Kier molecular flexibility index (Phi) is 2.69. The van der Waals surface area contributed by atoms with Gasteiger partial charge in [-0.3, -0.25) is 0 Å². The highest BCUT2D eigenvalue weighted by atomic mass is 32.1. The Morgan fingerprint density at radius 2 is 1.45 bits per heavy atom. The Hall–Kier alpha value is -3.36. The van der Waals surface area contributed by atoms with Crippen LogP contribution >= 0.6 is 11.3 Å². The van der Waals surface area contributed by atoms with Gasteiger partial charge in [-0.05, 0) is 51.2 Å². The molecule has 2 aromatic heterocycles. The molecule has 0 fully saturated rings. The molecule has 146 valence electrons. The van der Waals surface area contributed by atoms with Crippen molar-refractivity contribution in [3.63, 3.8) is 0 Å². The summed E-state index contributed by atoms with van der Waals surface area (Å²) in [5.74, 6) is 0. The zero-order valence-corrected chi connectivity index (χ0v) is 18.2. The van der Waals surface area contributed by atoms with Crippen molar-refractivity contribution in [3.8, 4) is 11.1 Å². The molecule has 0 atom stereocenters. The molecule has 1 N–H and O–H groups in total. The number of fused-ring (bicyclic) bond motifs is 8. The van der Waals surface area contributed by atoms with Gasteiger partial charge in [0.25, 0.3) is 0 Å². The second kappa shape index (κ2) is 5.09. The van der Waals surface area contributed by atoms with Crippen molar-refractivity contribution >= 4 is 64.1 Å². The Labute approximate surface area is 183 Å². The zero-order valence-electron chi connectivity index (χ0n) is 17.3. The van der Waals surface area contributed by atoms with Crippen LogP contribution in [0.15, 0.2) is 72.8 Å². The van der Waals surface area contributed by atoms with Crippen molar-refractivity contribution in [2.45, 2.75) is 19.3 Å². The van der Waals surface area contributed by atoms with E-state index < -0.39 is 0 Å². The third kappa shape index (κ3) is 1.77. The van der Waals surface area contributed by atoms with Crippen LogP contribution in [0.4, 0.5) is 0 Å². The van der Waals surface area contributed by atoms with Crippen molar-refractivity contribution < 1.29 is 0 Å². The molecule has 0 bridgehead atoms. The predicted octanol–water partition coefficient (Wildman–Crippen LogP) is 8.59. The molecule has 2 heterocycles. The lowest BCUT2D eigenvalue weighted by molar-refractivity contribution is 0.665. The summed E-state index contributed by atoms with van der Waals surface area (Å²) < 4.78 is 2.73. The molecule has 0 saturated heterocycles. The van der Waals surface area contributed by atoms with Crippen LogP contribution in [0.2, 0.25) is 0 Å². The number of benzene rings is 5. The van der Waals surface area contributed by atoms with Gasteiger partial charge in [-0.1, -0.05) is 68.4 Å².